The maximum atomic E-state index is 14.7. The normalized spacial score (nSPS) is 26.9. The van der Waals surface area contributed by atoms with Crippen molar-refractivity contribution in [1.29, 1.82) is 0 Å². The average molecular weight is 596 g/mol. The number of ketones is 2. The third-order valence-corrected chi connectivity index (χ3v) is 9.08. The molecule has 13 heteroatoms. The quantitative estimate of drug-likeness (QED) is 0.298. The van der Waals surface area contributed by atoms with Crippen molar-refractivity contribution in [3.63, 3.8) is 0 Å². The summed E-state index contributed by atoms with van der Waals surface area (Å²) in [5, 5.41) is 44.7. The van der Waals surface area contributed by atoms with Crippen molar-refractivity contribution >= 4 is 17.5 Å². The molecule has 0 radical (unpaired) electrons. The Morgan fingerprint density at radius 2 is 1.81 bits per heavy atom. The van der Waals surface area contributed by atoms with Crippen LogP contribution in [0.3, 0.4) is 0 Å². The van der Waals surface area contributed by atoms with Gasteiger partial charge >= 0.3 is 6.18 Å². The maximum Gasteiger partial charge on any atom is 0.417 e. The van der Waals surface area contributed by atoms with Crippen LogP contribution in [0.5, 0.6) is 5.75 Å². The van der Waals surface area contributed by atoms with Gasteiger partial charge in [0.2, 0.25) is 5.78 Å². The van der Waals surface area contributed by atoms with Crippen molar-refractivity contribution in [3.8, 4) is 5.75 Å². The summed E-state index contributed by atoms with van der Waals surface area (Å²) in [4.78, 5) is 42.4. The zero-order valence-electron chi connectivity index (χ0n) is 24.0. The van der Waals surface area contributed by atoms with Crippen molar-refractivity contribution in [1.82, 2.24) is 9.80 Å². The van der Waals surface area contributed by atoms with E-state index in [-0.39, 0.29) is 24.6 Å². The van der Waals surface area contributed by atoms with Crippen molar-refractivity contribution < 1.29 is 48.0 Å². The van der Waals surface area contributed by atoms with Gasteiger partial charge in [0.1, 0.15) is 22.8 Å². The first-order valence-electron chi connectivity index (χ1n) is 13.8. The molecule has 42 heavy (non-hydrogen) atoms. The summed E-state index contributed by atoms with van der Waals surface area (Å²) >= 11 is 0. The predicted octanol–water partition coefficient (Wildman–Crippen LogP) is 2.76. The Morgan fingerprint density at radius 1 is 1.19 bits per heavy atom. The van der Waals surface area contributed by atoms with Crippen molar-refractivity contribution in [3.05, 3.63) is 51.0 Å². The Kier molecular flexibility index (Phi) is 8.02. The highest BCUT2D eigenvalue weighted by atomic mass is 19.4. The number of carbonyl (C=O) groups excluding carboxylic acids is 3. The van der Waals surface area contributed by atoms with E-state index in [9.17, 15) is 48.0 Å². The molecule has 1 aromatic carbocycles. The number of fused-ring (bicyclic) bond motifs is 3. The molecule has 0 saturated carbocycles. The van der Waals surface area contributed by atoms with Crippen LogP contribution in [-0.2, 0) is 28.7 Å². The number of allylic oxidation sites excluding steroid dienone is 1. The molecule has 0 aliphatic heterocycles. The summed E-state index contributed by atoms with van der Waals surface area (Å²) < 4.78 is 44.1. The number of nitrogens with two attached hydrogens (primary N) is 1. The molecule has 10 nitrogen and oxygen atoms in total. The maximum absolute atomic E-state index is 14.7. The number of nitrogens with zero attached hydrogens (tertiary/aromatic N) is 2. The van der Waals surface area contributed by atoms with Gasteiger partial charge in [-0.15, -0.1) is 0 Å². The Labute approximate surface area is 240 Å². The van der Waals surface area contributed by atoms with Gasteiger partial charge in [0.25, 0.3) is 5.91 Å². The van der Waals surface area contributed by atoms with Gasteiger partial charge in [-0.1, -0.05) is 13.8 Å². The lowest BCUT2D eigenvalue weighted by Gasteiger charge is -2.50. The molecule has 4 rings (SSSR count). The van der Waals surface area contributed by atoms with Gasteiger partial charge in [-0.3, -0.25) is 24.2 Å². The molecule has 3 aliphatic carbocycles. The number of alkyl halides is 3. The molecule has 1 amide bonds. The average Bonchev–Trinajstić information content (AvgIpc) is 2.87. The minimum Gasteiger partial charge on any atom is -0.510 e. The highest BCUT2D eigenvalue weighted by molar-refractivity contribution is 6.24. The SMILES string of the molecule is CCC(C)N(CC)Cc1cc(O)c2c(c1C(F)(F)F)C[C@H]1C[C@H]3[C@H](N(C)C)C(O)=C(C(N)=O)C(=O)[C@@]3(O)C(O)=C1C2=O. The monoisotopic (exact) mass is 595 g/mol. The van der Waals surface area contributed by atoms with E-state index in [2.05, 4.69) is 0 Å². The van der Waals surface area contributed by atoms with Crippen LogP contribution < -0.4 is 5.73 Å². The van der Waals surface area contributed by atoms with Gasteiger partial charge < -0.3 is 26.2 Å². The van der Waals surface area contributed by atoms with Crippen LogP contribution in [0.1, 0.15) is 60.7 Å². The van der Waals surface area contributed by atoms with Crippen LogP contribution in [0.15, 0.2) is 28.7 Å². The summed E-state index contributed by atoms with van der Waals surface area (Å²) in [7, 11) is 2.94. The molecule has 0 saturated heterocycles. The molecule has 0 heterocycles. The van der Waals surface area contributed by atoms with Crippen LogP contribution in [0, 0.1) is 11.8 Å². The number of aromatic hydroxyl groups is 1. The van der Waals surface area contributed by atoms with Crippen LogP contribution in [-0.4, -0.2) is 86.0 Å². The number of aliphatic hydroxyl groups excluding tert-OH is 2. The number of likely N-dealkylation sites (N-methyl/N-ethyl adjacent to an activating group) is 1. The first-order valence-corrected chi connectivity index (χ1v) is 13.8. The van der Waals surface area contributed by atoms with Gasteiger partial charge in [0, 0.05) is 24.1 Å². The van der Waals surface area contributed by atoms with Gasteiger partial charge in [-0.2, -0.15) is 13.2 Å². The van der Waals surface area contributed by atoms with Crippen LogP contribution >= 0.6 is 0 Å². The summed E-state index contributed by atoms with van der Waals surface area (Å²) in [6.07, 6.45) is -4.97. The molecule has 0 bridgehead atoms. The first kappa shape index (κ1) is 31.5. The molecule has 3 aliphatic rings. The number of halogens is 3. The topological polar surface area (TPSA) is 165 Å². The number of hydrogen-bond acceptors (Lipinski definition) is 9. The second kappa shape index (κ2) is 10.7. The van der Waals surface area contributed by atoms with Crippen molar-refractivity contribution in [2.24, 2.45) is 17.6 Å². The van der Waals surface area contributed by atoms with Crippen LogP contribution in [0.2, 0.25) is 0 Å². The minimum absolute atomic E-state index is 0.0590. The van der Waals surface area contributed by atoms with Crippen LogP contribution in [0.25, 0.3) is 0 Å². The zero-order valence-corrected chi connectivity index (χ0v) is 24.0. The molecule has 0 spiro atoms. The third-order valence-electron chi connectivity index (χ3n) is 9.08. The summed E-state index contributed by atoms with van der Waals surface area (Å²) in [5.74, 6) is -9.00. The molecule has 1 unspecified atom stereocenters. The number of rotatable bonds is 7. The van der Waals surface area contributed by atoms with Crippen molar-refractivity contribution in [2.75, 3.05) is 20.6 Å². The summed E-state index contributed by atoms with van der Waals surface area (Å²) in [6.45, 7) is 5.90. The second-order valence-electron chi connectivity index (χ2n) is 11.6. The largest absolute Gasteiger partial charge is 0.510 e. The Hall–Kier alpha value is -3.42. The molecule has 6 N–H and O–H groups in total. The number of benzene rings is 1. The molecule has 0 aromatic heterocycles. The fourth-order valence-corrected chi connectivity index (χ4v) is 6.92. The zero-order chi connectivity index (χ0) is 31.6. The number of Topliss-reactive ketones (excluding diaryl/α,β-unsaturated/α-hetero) is 2. The van der Waals surface area contributed by atoms with Gasteiger partial charge in [0.15, 0.2) is 11.4 Å². The predicted molar refractivity (Wildman–Crippen MR) is 145 cm³/mol. The van der Waals surface area contributed by atoms with E-state index in [0.29, 0.717) is 13.0 Å². The smallest absolute Gasteiger partial charge is 0.417 e. The van der Waals surface area contributed by atoms with E-state index in [1.165, 1.54) is 19.0 Å². The fourth-order valence-electron chi connectivity index (χ4n) is 6.92. The number of phenolic OH excluding ortho intramolecular Hbond substituents is 1. The second-order valence-corrected chi connectivity index (χ2v) is 11.6. The molecule has 0 fully saturated rings. The Bertz CT molecular complexity index is 1420. The summed E-state index contributed by atoms with van der Waals surface area (Å²) in [6, 6.07) is -0.398. The highest BCUT2D eigenvalue weighted by Crippen LogP contribution is 2.54. The number of amides is 1. The number of aliphatic hydroxyl groups is 3. The Balaban J connectivity index is 1.96. The standard InChI is InChI=1S/C29H36F3N3O7/c1-6-12(3)35(7-2)11-14-10-17(36)19-15(21(14)29(30,31)32)8-13-9-16-22(34(4)5)24(38)20(27(33)41)26(40)28(16,42)25(39)18(13)23(19)37/h10,12-13,16,22,36,38-39,42H,6-9,11H2,1-5H3,(H2,33,41)/t12?,13-,16-,22-,28-/m0/s1. The first-order chi connectivity index (χ1) is 19.4. The molecule has 230 valence electrons. The number of carbonyl (C=O) groups is 3. The van der Waals surface area contributed by atoms with Gasteiger partial charge in [0.05, 0.1) is 17.2 Å². The molecular formula is C29H36F3N3O7. The number of phenols is 1. The number of primary amides is 1. The van der Waals surface area contributed by atoms with E-state index in [1.54, 1.807) is 0 Å². The number of hydrogen-bond donors (Lipinski definition) is 5. The molecule has 5 atom stereocenters. The van der Waals surface area contributed by atoms with E-state index >= 15 is 0 Å². The van der Waals surface area contributed by atoms with E-state index in [0.717, 1.165) is 6.07 Å². The third kappa shape index (κ3) is 4.58. The van der Waals surface area contributed by atoms with Gasteiger partial charge in [-0.05, 0) is 69.9 Å². The van der Waals surface area contributed by atoms with E-state index in [4.69, 9.17) is 5.73 Å². The minimum atomic E-state index is -4.90. The van der Waals surface area contributed by atoms with Crippen LogP contribution in [0.4, 0.5) is 13.2 Å². The summed E-state index contributed by atoms with van der Waals surface area (Å²) in [5.41, 5.74) is -1.39. The van der Waals surface area contributed by atoms with E-state index < -0.39 is 98.7 Å². The Morgan fingerprint density at radius 3 is 2.31 bits per heavy atom. The molecule has 1 aromatic rings. The van der Waals surface area contributed by atoms with Crippen molar-refractivity contribution in [2.45, 2.75) is 70.4 Å². The fraction of sp³-hybridized carbons (Fsp3) is 0.552. The van der Waals surface area contributed by atoms with E-state index in [1.807, 2.05) is 25.7 Å². The lowest BCUT2D eigenvalue weighted by Crippen LogP contribution is -2.63. The van der Waals surface area contributed by atoms with Gasteiger partial charge in [-0.25, -0.2) is 0 Å². The lowest BCUT2D eigenvalue weighted by molar-refractivity contribution is -0.148. The highest BCUT2D eigenvalue weighted by Gasteiger charge is 2.63. The molecular weight excluding hydrogens is 559 g/mol. The lowest BCUT2D eigenvalue weighted by atomic mass is 9.58.